The Hall–Kier alpha value is -4.59. The lowest BCUT2D eigenvalue weighted by Gasteiger charge is -2.17. The Morgan fingerprint density at radius 1 is 1.15 bits per heavy atom. The normalized spacial score (nSPS) is 11.8. The Morgan fingerprint density at radius 2 is 1.85 bits per heavy atom. The highest BCUT2D eigenvalue weighted by molar-refractivity contribution is 5.97. The molecule has 0 saturated carbocycles. The fourth-order valence-corrected chi connectivity index (χ4v) is 3.71. The smallest absolute Gasteiger partial charge is 0.399 e. The summed E-state index contributed by atoms with van der Waals surface area (Å²) in [6, 6.07) is 9.75. The van der Waals surface area contributed by atoms with Crippen molar-refractivity contribution in [1.29, 1.82) is 0 Å². The molecule has 0 bridgehead atoms. The summed E-state index contributed by atoms with van der Waals surface area (Å²) < 4.78 is 41.4. The van der Waals surface area contributed by atoms with Gasteiger partial charge in [0.25, 0.3) is 5.56 Å². The quantitative estimate of drug-likeness (QED) is 0.128. The first-order valence-electron chi connectivity index (χ1n) is 12.0. The van der Waals surface area contributed by atoms with Crippen molar-refractivity contribution in [1.82, 2.24) is 20.3 Å². The Labute approximate surface area is 228 Å². The van der Waals surface area contributed by atoms with E-state index in [1.54, 1.807) is 38.1 Å². The van der Waals surface area contributed by atoms with Crippen molar-refractivity contribution in [2.45, 2.75) is 39.2 Å². The third kappa shape index (κ3) is 7.72. The van der Waals surface area contributed by atoms with Crippen molar-refractivity contribution in [3.63, 3.8) is 0 Å². The van der Waals surface area contributed by atoms with E-state index in [9.17, 15) is 22.8 Å². The molecular formula is C26H30F3N7O4. The minimum absolute atomic E-state index is 0.00499. The van der Waals surface area contributed by atoms with E-state index in [0.717, 1.165) is 22.3 Å². The van der Waals surface area contributed by atoms with Crippen molar-refractivity contribution in [2.24, 2.45) is 5.16 Å². The summed E-state index contributed by atoms with van der Waals surface area (Å²) in [5, 5.41) is 9.43. The number of alkyl halides is 3. The van der Waals surface area contributed by atoms with Crippen molar-refractivity contribution in [3.05, 3.63) is 75.7 Å². The molecule has 2 aromatic carbocycles. The molecule has 11 nitrogen and oxygen atoms in total. The molecule has 1 aromatic heterocycles. The lowest BCUT2D eigenvalue weighted by Crippen LogP contribution is -2.35. The first-order chi connectivity index (χ1) is 18.9. The molecule has 5 N–H and O–H groups in total. The molecule has 3 rings (SSSR count). The lowest BCUT2D eigenvalue weighted by molar-refractivity contribution is -0.137. The van der Waals surface area contributed by atoms with E-state index >= 15 is 0 Å². The van der Waals surface area contributed by atoms with Gasteiger partial charge in [-0.1, -0.05) is 29.4 Å². The first-order valence-corrected chi connectivity index (χ1v) is 12.0. The zero-order valence-corrected chi connectivity index (χ0v) is 22.3. The second-order valence-electron chi connectivity index (χ2n) is 8.93. The molecule has 0 atom stereocenters. The molecular weight excluding hydrogens is 531 g/mol. The van der Waals surface area contributed by atoms with Crippen LogP contribution in [-0.2, 0) is 33.7 Å². The lowest BCUT2D eigenvalue weighted by atomic mass is 10.1. The molecule has 1 amide bonds. The molecule has 0 aliphatic carbocycles. The topological polar surface area (TPSA) is 145 Å². The summed E-state index contributed by atoms with van der Waals surface area (Å²) >= 11 is 0. The van der Waals surface area contributed by atoms with E-state index in [-0.39, 0.29) is 35.3 Å². The Bertz CT molecular complexity index is 1420. The number of amidine groups is 1. The molecule has 3 aromatic rings. The number of oxime groups is 1. The largest absolute Gasteiger partial charge is 0.416 e. The van der Waals surface area contributed by atoms with Crippen LogP contribution in [0.1, 0.15) is 30.5 Å². The summed E-state index contributed by atoms with van der Waals surface area (Å²) in [5.41, 5.74) is 7.92. The number of amides is 1. The van der Waals surface area contributed by atoms with E-state index in [1.165, 1.54) is 26.5 Å². The van der Waals surface area contributed by atoms with E-state index in [2.05, 4.69) is 26.3 Å². The van der Waals surface area contributed by atoms with Crippen LogP contribution in [0, 0.1) is 0 Å². The maximum Gasteiger partial charge on any atom is 0.416 e. The standard InChI is InChI=1S/C26H30F3N7O4/c1-15(2)33-24-25(38)36(21(13-32-24)18-9-19(26(27,28)29)11-20(30)10-18)14-22(37)31-12-16-5-7-17(8-6-16)23(34-39-3)35-40-4/h5-11,13,15H,12,14,30H2,1-4H3,(H,31,37)(H,32,33)(H,34,35). The predicted octanol–water partition coefficient (Wildman–Crippen LogP) is 3.11. The number of nitrogen functional groups attached to an aromatic ring is 1. The number of nitrogens with one attached hydrogen (secondary N) is 3. The molecule has 0 aliphatic rings. The van der Waals surface area contributed by atoms with Crippen molar-refractivity contribution < 1.29 is 27.6 Å². The number of aromatic nitrogens is 2. The molecule has 40 heavy (non-hydrogen) atoms. The molecule has 0 saturated heterocycles. The minimum Gasteiger partial charge on any atom is -0.399 e. The predicted molar refractivity (Wildman–Crippen MR) is 144 cm³/mol. The van der Waals surface area contributed by atoms with Crippen molar-refractivity contribution in [2.75, 3.05) is 25.3 Å². The number of nitrogens with zero attached hydrogens (tertiary/aromatic N) is 3. The third-order valence-corrected chi connectivity index (χ3v) is 5.46. The van der Waals surface area contributed by atoms with Crippen LogP contribution < -0.4 is 27.4 Å². The van der Waals surface area contributed by atoms with Crippen LogP contribution in [0.15, 0.2) is 58.6 Å². The van der Waals surface area contributed by atoms with E-state index in [1.807, 2.05) is 0 Å². The molecule has 1 heterocycles. The Kier molecular flexibility index (Phi) is 9.72. The van der Waals surface area contributed by atoms with Gasteiger partial charge < -0.3 is 21.2 Å². The Morgan fingerprint density at radius 3 is 2.45 bits per heavy atom. The molecule has 0 spiro atoms. The molecule has 0 fully saturated rings. The van der Waals surface area contributed by atoms with Gasteiger partial charge in [0.15, 0.2) is 11.7 Å². The van der Waals surface area contributed by atoms with E-state index in [4.69, 9.17) is 15.4 Å². The molecule has 0 radical (unpaired) electrons. The average Bonchev–Trinajstić information content (AvgIpc) is 2.89. The fourth-order valence-electron chi connectivity index (χ4n) is 3.71. The van der Waals surface area contributed by atoms with Crippen LogP contribution in [0.4, 0.5) is 24.7 Å². The van der Waals surface area contributed by atoms with Gasteiger partial charge in [-0.25, -0.2) is 10.5 Å². The van der Waals surface area contributed by atoms with Crippen LogP contribution in [0.3, 0.4) is 0 Å². The van der Waals surface area contributed by atoms with Crippen LogP contribution in [0.5, 0.6) is 0 Å². The van der Waals surface area contributed by atoms with Crippen molar-refractivity contribution in [3.8, 4) is 11.3 Å². The SMILES string of the molecule is CO/N=C(\NOC)c1ccc(CNC(=O)Cn2c(-c3cc(N)cc(C(F)(F)F)c3)cnc(NC(C)C)c2=O)cc1. The molecule has 14 heteroatoms. The highest BCUT2D eigenvalue weighted by atomic mass is 19.4. The van der Waals surface area contributed by atoms with E-state index in [0.29, 0.717) is 11.4 Å². The first kappa shape index (κ1) is 30.0. The average molecular weight is 562 g/mol. The summed E-state index contributed by atoms with van der Waals surface area (Å²) in [7, 11) is 2.82. The number of hydrogen-bond donors (Lipinski definition) is 4. The zero-order valence-electron chi connectivity index (χ0n) is 22.3. The van der Waals surface area contributed by atoms with Gasteiger partial charge in [0.1, 0.15) is 13.7 Å². The molecule has 214 valence electrons. The Balaban J connectivity index is 1.88. The summed E-state index contributed by atoms with van der Waals surface area (Å²) in [6.45, 7) is 3.23. The van der Waals surface area contributed by atoms with Gasteiger partial charge in [-0.2, -0.15) is 13.2 Å². The van der Waals surface area contributed by atoms with Crippen LogP contribution in [-0.4, -0.2) is 41.6 Å². The number of carbonyl (C=O) groups excluding carboxylic acids is 1. The van der Waals surface area contributed by atoms with Crippen LogP contribution in [0.2, 0.25) is 0 Å². The second-order valence-corrected chi connectivity index (χ2v) is 8.93. The summed E-state index contributed by atoms with van der Waals surface area (Å²) in [4.78, 5) is 39.9. The fraction of sp³-hybridized carbons (Fsp3) is 0.308. The molecule has 0 unspecified atom stereocenters. The second kappa shape index (κ2) is 13.0. The maximum absolute atomic E-state index is 13.4. The zero-order chi connectivity index (χ0) is 29.4. The summed E-state index contributed by atoms with van der Waals surface area (Å²) in [5.74, 6) is -0.247. The molecule has 0 aliphatic heterocycles. The number of hydrogen-bond acceptors (Lipinski definition) is 8. The van der Waals surface area contributed by atoms with Crippen LogP contribution >= 0.6 is 0 Å². The number of benzene rings is 2. The number of halogens is 3. The van der Waals surface area contributed by atoms with Gasteiger partial charge in [-0.15, -0.1) is 0 Å². The van der Waals surface area contributed by atoms with Crippen LogP contribution in [0.25, 0.3) is 11.3 Å². The number of anilines is 2. The number of hydroxylamine groups is 1. The van der Waals surface area contributed by atoms with Crippen molar-refractivity contribution >= 4 is 23.2 Å². The third-order valence-electron chi connectivity index (χ3n) is 5.46. The van der Waals surface area contributed by atoms with Gasteiger partial charge in [0, 0.05) is 29.4 Å². The highest BCUT2D eigenvalue weighted by Gasteiger charge is 2.31. The van der Waals surface area contributed by atoms with Gasteiger partial charge in [0.2, 0.25) is 5.91 Å². The van der Waals surface area contributed by atoms with Gasteiger partial charge in [0.05, 0.1) is 24.6 Å². The minimum atomic E-state index is -4.66. The van der Waals surface area contributed by atoms with E-state index < -0.39 is 29.8 Å². The van der Waals surface area contributed by atoms with Gasteiger partial charge in [-0.3, -0.25) is 19.0 Å². The number of rotatable bonds is 10. The van der Waals surface area contributed by atoms with Gasteiger partial charge >= 0.3 is 6.18 Å². The number of nitrogens with two attached hydrogens (primary N) is 1. The van der Waals surface area contributed by atoms with Gasteiger partial charge in [-0.05, 0) is 37.6 Å². The highest BCUT2D eigenvalue weighted by Crippen LogP contribution is 2.34. The number of carbonyl (C=O) groups is 1. The maximum atomic E-state index is 13.4. The monoisotopic (exact) mass is 561 g/mol. The summed E-state index contributed by atoms with van der Waals surface area (Å²) in [6.07, 6.45) is -3.43.